The van der Waals surface area contributed by atoms with Gasteiger partial charge in [-0.3, -0.25) is 0 Å². The zero-order valence-corrected chi connectivity index (χ0v) is 10.9. The van der Waals surface area contributed by atoms with E-state index in [1.165, 1.54) is 0 Å². The van der Waals surface area contributed by atoms with Gasteiger partial charge in [-0.2, -0.15) is 0 Å². The summed E-state index contributed by atoms with van der Waals surface area (Å²) in [5.74, 6) is 1.65. The fraction of sp³-hybridized carbons (Fsp3) is 0.385. The van der Waals surface area contributed by atoms with Crippen LogP contribution in [0.15, 0.2) is 24.5 Å². The molecule has 2 N–H and O–H groups in total. The lowest BCUT2D eigenvalue weighted by atomic mass is 10.1. The summed E-state index contributed by atoms with van der Waals surface area (Å²) in [5, 5.41) is 7.78. The molecule has 0 saturated carbocycles. The molecule has 0 fully saturated rings. The second kappa shape index (κ2) is 5.18. The molecular weight excluding hydrogens is 228 g/mol. The minimum absolute atomic E-state index is 0.0384. The van der Waals surface area contributed by atoms with Gasteiger partial charge in [0.2, 0.25) is 0 Å². The summed E-state index contributed by atoms with van der Waals surface area (Å²) in [4.78, 5) is 0. The number of hydrogen-bond acceptors (Lipinski definition) is 4. The Hall–Kier alpha value is -1.88. The van der Waals surface area contributed by atoms with E-state index in [0.717, 1.165) is 22.7 Å². The Kier molecular flexibility index (Phi) is 3.62. The predicted molar refractivity (Wildman–Crippen MR) is 69.1 cm³/mol. The average Bonchev–Trinajstić information content (AvgIpc) is 2.73. The highest BCUT2D eigenvalue weighted by molar-refractivity contribution is 5.37. The van der Waals surface area contributed by atoms with E-state index in [9.17, 15) is 0 Å². The van der Waals surface area contributed by atoms with Crippen LogP contribution in [0.5, 0.6) is 5.75 Å². The Morgan fingerprint density at radius 1 is 1.44 bits per heavy atom. The maximum Gasteiger partial charge on any atom is 0.170 e. The molecule has 0 aliphatic carbocycles. The van der Waals surface area contributed by atoms with Crippen LogP contribution in [0.25, 0.3) is 0 Å². The molecule has 96 valence electrons. The van der Waals surface area contributed by atoms with Gasteiger partial charge in [-0.15, -0.1) is 10.2 Å². The fourth-order valence-corrected chi connectivity index (χ4v) is 1.70. The molecule has 1 atom stereocenters. The number of ether oxygens (including phenoxy) is 1. The number of hydrogen-bond donors (Lipinski definition) is 1. The van der Waals surface area contributed by atoms with Gasteiger partial charge in [0.1, 0.15) is 18.7 Å². The van der Waals surface area contributed by atoms with Crippen LogP contribution in [-0.2, 0) is 13.7 Å². The fourth-order valence-electron chi connectivity index (χ4n) is 1.70. The van der Waals surface area contributed by atoms with Gasteiger partial charge in [-0.25, -0.2) is 0 Å². The molecule has 0 aliphatic rings. The smallest absolute Gasteiger partial charge is 0.170 e. The molecular formula is C13H18N4O. The van der Waals surface area contributed by atoms with Crippen LogP contribution in [0.4, 0.5) is 0 Å². The highest BCUT2D eigenvalue weighted by Gasteiger charge is 2.06. The largest absolute Gasteiger partial charge is 0.485 e. The first-order chi connectivity index (χ1) is 8.58. The third-order valence-electron chi connectivity index (χ3n) is 2.89. The molecule has 1 aromatic carbocycles. The van der Waals surface area contributed by atoms with Crippen LogP contribution in [0.1, 0.15) is 29.9 Å². The Labute approximate surface area is 107 Å². The number of nitrogens with two attached hydrogens (primary N) is 1. The van der Waals surface area contributed by atoms with Crippen molar-refractivity contribution < 1.29 is 4.74 Å². The van der Waals surface area contributed by atoms with Gasteiger partial charge in [-0.1, -0.05) is 12.1 Å². The topological polar surface area (TPSA) is 66.0 Å². The van der Waals surface area contributed by atoms with Crippen LogP contribution in [0.3, 0.4) is 0 Å². The lowest BCUT2D eigenvalue weighted by Crippen LogP contribution is -2.06. The quantitative estimate of drug-likeness (QED) is 0.892. The molecule has 2 rings (SSSR count). The zero-order valence-electron chi connectivity index (χ0n) is 10.9. The highest BCUT2D eigenvalue weighted by atomic mass is 16.5. The van der Waals surface area contributed by atoms with Crippen molar-refractivity contribution in [3.8, 4) is 5.75 Å². The molecule has 18 heavy (non-hydrogen) atoms. The molecule has 5 nitrogen and oxygen atoms in total. The maximum atomic E-state index is 5.84. The van der Waals surface area contributed by atoms with Gasteiger partial charge in [0.25, 0.3) is 0 Å². The summed E-state index contributed by atoms with van der Waals surface area (Å²) < 4.78 is 7.57. The van der Waals surface area contributed by atoms with E-state index in [2.05, 4.69) is 16.3 Å². The molecule has 5 heteroatoms. The molecule has 1 aromatic heterocycles. The van der Waals surface area contributed by atoms with E-state index >= 15 is 0 Å². The van der Waals surface area contributed by atoms with Gasteiger partial charge >= 0.3 is 0 Å². The minimum Gasteiger partial charge on any atom is -0.485 e. The Morgan fingerprint density at radius 2 is 2.22 bits per heavy atom. The Morgan fingerprint density at radius 3 is 2.78 bits per heavy atom. The number of aromatic nitrogens is 3. The van der Waals surface area contributed by atoms with Crippen molar-refractivity contribution in [2.24, 2.45) is 12.8 Å². The minimum atomic E-state index is 0.0384. The van der Waals surface area contributed by atoms with Crippen LogP contribution < -0.4 is 10.5 Å². The standard InChI is InChI=1S/C13H18N4O/c1-9-6-11(10(2)14)4-5-12(9)18-7-13-16-15-8-17(13)3/h4-6,8,10H,7,14H2,1-3H3/t10-/m0/s1. The van der Waals surface area contributed by atoms with Crippen molar-refractivity contribution in [1.29, 1.82) is 0 Å². The van der Waals surface area contributed by atoms with Gasteiger partial charge < -0.3 is 15.0 Å². The first kappa shape index (κ1) is 12.6. The van der Waals surface area contributed by atoms with Crippen molar-refractivity contribution in [2.45, 2.75) is 26.5 Å². The summed E-state index contributed by atoms with van der Waals surface area (Å²) in [5.41, 5.74) is 8.03. The van der Waals surface area contributed by atoms with Gasteiger partial charge in [0.15, 0.2) is 5.82 Å². The molecule has 2 aromatic rings. The lowest BCUT2D eigenvalue weighted by molar-refractivity contribution is 0.289. The van der Waals surface area contributed by atoms with Crippen molar-refractivity contribution >= 4 is 0 Å². The molecule has 0 amide bonds. The average molecular weight is 246 g/mol. The van der Waals surface area contributed by atoms with Gasteiger partial charge in [-0.05, 0) is 31.0 Å². The number of nitrogens with zero attached hydrogens (tertiary/aromatic N) is 3. The predicted octanol–water partition coefficient (Wildman–Crippen LogP) is 1.72. The molecule has 0 bridgehead atoms. The summed E-state index contributed by atoms with van der Waals surface area (Å²) in [7, 11) is 1.89. The third-order valence-corrected chi connectivity index (χ3v) is 2.89. The van der Waals surface area contributed by atoms with Gasteiger partial charge in [0.05, 0.1) is 0 Å². The van der Waals surface area contributed by atoms with Crippen LogP contribution in [0.2, 0.25) is 0 Å². The van der Waals surface area contributed by atoms with E-state index in [-0.39, 0.29) is 6.04 Å². The molecule has 0 spiro atoms. The molecule has 0 saturated heterocycles. The van der Waals surface area contributed by atoms with Crippen molar-refractivity contribution in [3.63, 3.8) is 0 Å². The van der Waals surface area contributed by atoms with E-state index in [1.807, 2.05) is 37.6 Å². The summed E-state index contributed by atoms with van der Waals surface area (Å²) in [6.45, 7) is 4.39. The molecule has 0 unspecified atom stereocenters. The highest BCUT2D eigenvalue weighted by Crippen LogP contribution is 2.22. The molecule has 0 aliphatic heterocycles. The number of rotatable bonds is 4. The second-order valence-electron chi connectivity index (χ2n) is 4.46. The van der Waals surface area contributed by atoms with Gasteiger partial charge in [0, 0.05) is 13.1 Å². The first-order valence-electron chi connectivity index (χ1n) is 5.89. The summed E-state index contributed by atoms with van der Waals surface area (Å²) in [6, 6.07) is 6.03. The van der Waals surface area contributed by atoms with Crippen molar-refractivity contribution in [2.75, 3.05) is 0 Å². The summed E-state index contributed by atoms with van der Waals surface area (Å²) >= 11 is 0. The monoisotopic (exact) mass is 246 g/mol. The van der Waals surface area contributed by atoms with Crippen LogP contribution in [0, 0.1) is 6.92 Å². The molecule has 1 heterocycles. The third kappa shape index (κ3) is 2.68. The van der Waals surface area contributed by atoms with E-state index in [4.69, 9.17) is 10.5 Å². The zero-order chi connectivity index (χ0) is 13.1. The SMILES string of the molecule is Cc1cc([C@H](C)N)ccc1OCc1nncn1C. The Balaban J connectivity index is 2.08. The second-order valence-corrected chi connectivity index (χ2v) is 4.46. The van der Waals surface area contributed by atoms with E-state index < -0.39 is 0 Å². The first-order valence-corrected chi connectivity index (χ1v) is 5.89. The normalized spacial score (nSPS) is 12.4. The molecule has 0 radical (unpaired) electrons. The maximum absolute atomic E-state index is 5.84. The van der Waals surface area contributed by atoms with Crippen molar-refractivity contribution in [3.05, 3.63) is 41.5 Å². The van der Waals surface area contributed by atoms with Crippen LogP contribution in [-0.4, -0.2) is 14.8 Å². The van der Waals surface area contributed by atoms with E-state index in [0.29, 0.717) is 6.61 Å². The number of aryl methyl sites for hydroxylation is 2. The number of benzene rings is 1. The van der Waals surface area contributed by atoms with Crippen LogP contribution >= 0.6 is 0 Å². The Bertz CT molecular complexity index is 534. The summed E-state index contributed by atoms with van der Waals surface area (Å²) in [6.07, 6.45) is 1.66. The van der Waals surface area contributed by atoms with Crippen molar-refractivity contribution in [1.82, 2.24) is 14.8 Å². The van der Waals surface area contributed by atoms with E-state index in [1.54, 1.807) is 6.33 Å². The lowest BCUT2D eigenvalue weighted by Gasteiger charge is -2.12.